The molecule has 9 heteroatoms. The lowest BCUT2D eigenvalue weighted by molar-refractivity contribution is 0.0937. The van der Waals surface area contributed by atoms with E-state index in [1.165, 1.54) is 0 Å². The van der Waals surface area contributed by atoms with Crippen molar-refractivity contribution in [3.05, 3.63) is 65.0 Å². The molecule has 1 unspecified atom stereocenters. The summed E-state index contributed by atoms with van der Waals surface area (Å²) in [5.41, 5.74) is 1.60. The molecule has 1 aromatic carbocycles. The van der Waals surface area contributed by atoms with Crippen molar-refractivity contribution in [2.75, 3.05) is 12.4 Å². The van der Waals surface area contributed by atoms with Gasteiger partial charge < -0.3 is 9.26 Å². The summed E-state index contributed by atoms with van der Waals surface area (Å²) >= 11 is 1.58. The summed E-state index contributed by atoms with van der Waals surface area (Å²) in [6.07, 6.45) is 6.97. The van der Waals surface area contributed by atoms with Crippen LogP contribution in [0.5, 0.6) is 0 Å². The first kappa shape index (κ1) is 20.8. The zero-order chi connectivity index (χ0) is 21.8. The topological polar surface area (TPSA) is 95.9 Å². The van der Waals surface area contributed by atoms with Gasteiger partial charge in [-0.15, -0.1) is 0 Å². The number of aryl methyl sites for hydroxylation is 1. The molecule has 0 spiro atoms. The Hall–Kier alpha value is -3.04. The molecule has 1 aliphatic rings. The van der Waals surface area contributed by atoms with E-state index in [0.717, 1.165) is 47.9 Å². The van der Waals surface area contributed by atoms with Crippen molar-refractivity contribution in [2.45, 2.75) is 43.5 Å². The molecular formula is C23H23N5O3S. The summed E-state index contributed by atoms with van der Waals surface area (Å²) in [6.45, 7) is 1.30. The second-order valence-corrected chi connectivity index (χ2v) is 8.72. The summed E-state index contributed by atoms with van der Waals surface area (Å²) in [4.78, 5) is 26.4. The van der Waals surface area contributed by atoms with E-state index in [-0.39, 0.29) is 11.7 Å². The van der Waals surface area contributed by atoms with Crippen LogP contribution < -0.4 is 5.56 Å². The number of para-hydroxylation sites is 1. The molecular weight excluding hydrogens is 426 g/mol. The maximum Gasteiger partial charge on any atom is 0.262 e. The number of aromatic nitrogens is 5. The van der Waals surface area contributed by atoms with E-state index in [1.54, 1.807) is 28.7 Å². The van der Waals surface area contributed by atoms with E-state index in [4.69, 9.17) is 14.2 Å². The van der Waals surface area contributed by atoms with Gasteiger partial charge in [-0.25, -0.2) is 4.98 Å². The molecule has 1 saturated heterocycles. The largest absolute Gasteiger partial charge is 0.376 e. The lowest BCUT2D eigenvalue weighted by atomic mass is 10.2. The molecule has 0 bridgehead atoms. The van der Waals surface area contributed by atoms with E-state index < -0.39 is 0 Å². The van der Waals surface area contributed by atoms with E-state index >= 15 is 0 Å². The molecule has 0 aliphatic carbocycles. The van der Waals surface area contributed by atoms with Gasteiger partial charge in [-0.2, -0.15) is 4.98 Å². The minimum Gasteiger partial charge on any atom is -0.376 e. The Bertz CT molecular complexity index is 1250. The van der Waals surface area contributed by atoms with Crippen LogP contribution in [0, 0.1) is 0 Å². The first-order valence-corrected chi connectivity index (χ1v) is 11.7. The minimum atomic E-state index is -0.00695. The fourth-order valence-electron chi connectivity index (χ4n) is 3.77. The molecule has 4 aromatic rings. The van der Waals surface area contributed by atoms with Crippen LogP contribution in [-0.2, 0) is 17.7 Å². The second kappa shape index (κ2) is 9.62. The van der Waals surface area contributed by atoms with Gasteiger partial charge in [0.25, 0.3) is 5.56 Å². The van der Waals surface area contributed by atoms with Crippen LogP contribution in [0.1, 0.15) is 25.2 Å². The number of nitrogens with zero attached hydrogens (tertiary/aromatic N) is 5. The van der Waals surface area contributed by atoms with Gasteiger partial charge in [0.1, 0.15) is 0 Å². The molecule has 1 fully saturated rings. The van der Waals surface area contributed by atoms with Crippen LogP contribution in [0.25, 0.3) is 22.3 Å². The average Bonchev–Trinajstić information content (AvgIpc) is 3.52. The molecule has 1 aliphatic heterocycles. The number of hydrogen-bond acceptors (Lipinski definition) is 8. The fourth-order valence-corrected chi connectivity index (χ4v) is 4.72. The average molecular weight is 450 g/mol. The third-order valence-electron chi connectivity index (χ3n) is 5.41. The SMILES string of the molecule is O=c1c2ccccc2nc(SCCCc2nc(-c3ccncc3)no2)n1CC1CCCO1. The predicted molar refractivity (Wildman–Crippen MR) is 122 cm³/mol. The third-order valence-corrected chi connectivity index (χ3v) is 6.47. The normalized spacial score (nSPS) is 16.1. The van der Waals surface area contributed by atoms with E-state index in [0.29, 0.717) is 30.1 Å². The van der Waals surface area contributed by atoms with Crippen LogP contribution >= 0.6 is 11.8 Å². The highest BCUT2D eigenvalue weighted by atomic mass is 32.2. The standard InChI is InChI=1S/C23H23N5O3S/c29-22-18-6-1-2-7-19(18)25-23(28(22)15-17-5-3-13-30-17)32-14-4-8-20-26-21(27-31-20)16-9-11-24-12-10-16/h1-2,6-7,9-12,17H,3-5,8,13-15H2. The van der Waals surface area contributed by atoms with Crippen molar-refractivity contribution in [3.8, 4) is 11.4 Å². The molecule has 0 amide bonds. The number of fused-ring (bicyclic) bond motifs is 1. The quantitative estimate of drug-likeness (QED) is 0.228. The van der Waals surface area contributed by atoms with Crippen LogP contribution in [0.2, 0.25) is 0 Å². The highest BCUT2D eigenvalue weighted by molar-refractivity contribution is 7.99. The first-order chi connectivity index (χ1) is 15.8. The molecule has 0 N–H and O–H groups in total. The summed E-state index contributed by atoms with van der Waals surface area (Å²) in [5, 5.41) is 5.42. The Morgan fingerprint density at radius 2 is 2.00 bits per heavy atom. The van der Waals surface area contributed by atoms with Crippen LogP contribution in [0.4, 0.5) is 0 Å². The van der Waals surface area contributed by atoms with Gasteiger partial charge in [0.2, 0.25) is 11.7 Å². The Morgan fingerprint density at radius 3 is 2.84 bits per heavy atom. The monoisotopic (exact) mass is 449 g/mol. The van der Waals surface area contributed by atoms with Crippen molar-refractivity contribution in [1.82, 2.24) is 24.7 Å². The van der Waals surface area contributed by atoms with Gasteiger partial charge in [0, 0.05) is 36.7 Å². The van der Waals surface area contributed by atoms with Gasteiger partial charge in [-0.05, 0) is 43.5 Å². The second-order valence-electron chi connectivity index (χ2n) is 7.66. The van der Waals surface area contributed by atoms with Crippen molar-refractivity contribution in [1.29, 1.82) is 0 Å². The lowest BCUT2D eigenvalue weighted by Crippen LogP contribution is -2.28. The summed E-state index contributed by atoms with van der Waals surface area (Å²) in [5.74, 6) is 1.95. The Morgan fingerprint density at radius 1 is 1.12 bits per heavy atom. The Balaban J connectivity index is 1.27. The van der Waals surface area contributed by atoms with Crippen LogP contribution in [-0.4, -0.2) is 43.1 Å². The zero-order valence-electron chi connectivity index (χ0n) is 17.5. The Labute approximate surface area is 189 Å². The van der Waals surface area contributed by atoms with E-state index in [1.807, 2.05) is 36.4 Å². The lowest BCUT2D eigenvalue weighted by Gasteiger charge is -2.16. The number of thioether (sulfide) groups is 1. The molecule has 5 rings (SSSR count). The van der Waals surface area contributed by atoms with Gasteiger partial charge in [0.15, 0.2) is 5.16 Å². The highest BCUT2D eigenvalue weighted by Gasteiger charge is 2.20. The van der Waals surface area contributed by atoms with E-state index in [9.17, 15) is 4.79 Å². The maximum absolute atomic E-state index is 13.1. The molecule has 0 saturated carbocycles. The highest BCUT2D eigenvalue weighted by Crippen LogP contribution is 2.22. The number of ether oxygens (including phenoxy) is 1. The summed E-state index contributed by atoms with van der Waals surface area (Å²) in [6, 6.07) is 11.2. The molecule has 8 nitrogen and oxygen atoms in total. The number of rotatable bonds is 8. The van der Waals surface area contributed by atoms with Gasteiger partial charge >= 0.3 is 0 Å². The third kappa shape index (κ3) is 4.58. The summed E-state index contributed by atoms with van der Waals surface area (Å²) < 4.78 is 12.9. The van der Waals surface area contributed by atoms with Crippen molar-refractivity contribution in [2.24, 2.45) is 0 Å². The van der Waals surface area contributed by atoms with Crippen molar-refractivity contribution < 1.29 is 9.26 Å². The van der Waals surface area contributed by atoms with E-state index in [2.05, 4.69) is 15.1 Å². The fraction of sp³-hybridized carbons (Fsp3) is 0.348. The first-order valence-electron chi connectivity index (χ1n) is 10.7. The molecule has 4 heterocycles. The number of pyridine rings is 1. The number of hydrogen-bond donors (Lipinski definition) is 0. The molecule has 164 valence electrons. The maximum atomic E-state index is 13.1. The van der Waals surface area contributed by atoms with Gasteiger partial charge in [0.05, 0.1) is 23.6 Å². The van der Waals surface area contributed by atoms with Crippen LogP contribution in [0.3, 0.4) is 0 Å². The molecule has 3 aromatic heterocycles. The molecule has 1 atom stereocenters. The van der Waals surface area contributed by atoms with Gasteiger partial charge in [-0.1, -0.05) is 29.1 Å². The van der Waals surface area contributed by atoms with Crippen molar-refractivity contribution in [3.63, 3.8) is 0 Å². The van der Waals surface area contributed by atoms with Gasteiger partial charge in [-0.3, -0.25) is 14.3 Å². The minimum absolute atomic E-state index is 0.00695. The predicted octanol–water partition coefficient (Wildman–Crippen LogP) is 3.75. The molecule has 32 heavy (non-hydrogen) atoms. The van der Waals surface area contributed by atoms with Crippen molar-refractivity contribution >= 4 is 22.7 Å². The molecule has 0 radical (unpaired) electrons. The zero-order valence-corrected chi connectivity index (χ0v) is 18.3. The summed E-state index contributed by atoms with van der Waals surface area (Å²) in [7, 11) is 0. The van der Waals surface area contributed by atoms with Crippen LogP contribution in [0.15, 0.2) is 63.3 Å². The Kier molecular flexibility index (Phi) is 6.27. The smallest absolute Gasteiger partial charge is 0.262 e. The number of benzene rings is 1.